The minimum Gasteiger partial charge on any atom is -0.480 e. The van der Waals surface area contributed by atoms with Crippen LogP contribution < -0.4 is 5.73 Å². The molecule has 0 radical (unpaired) electrons. The van der Waals surface area contributed by atoms with Gasteiger partial charge in [-0.3, -0.25) is 23.4 Å². The Bertz CT molecular complexity index is 1430. The molecule has 3 atom stereocenters. The highest BCUT2D eigenvalue weighted by Gasteiger charge is 2.28. The van der Waals surface area contributed by atoms with Crippen molar-refractivity contribution < 1.29 is 47.5 Å². The van der Waals surface area contributed by atoms with Gasteiger partial charge in [0.25, 0.3) is 0 Å². The van der Waals surface area contributed by atoms with E-state index >= 15 is 0 Å². The molecule has 1 unspecified atom stereocenters. The monoisotopic (exact) mass is 858 g/mol. The van der Waals surface area contributed by atoms with Crippen molar-refractivity contribution in [1.29, 1.82) is 0 Å². The molecule has 0 heterocycles. The molecule has 0 aliphatic heterocycles. The topological polar surface area (TPSA) is 172 Å². The van der Waals surface area contributed by atoms with Crippen molar-refractivity contribution in [3.63, 3.8) is 0 Å². The second-order valence-corrected chi connectivity index (χ2v) is 15.6. The summed E-state index contributed by atoms with van der Waals surface area (Å²) in [4.78, 5) is 45.9. The summed E-state index contributed by atoms with van der Waals surface area (Å²) in [5, 5.41) is 8.89. The van der Waals surface area contributed by atoms with E-state index in [0.717, 1.165) is 77.0 Å². The van der Waals surface area contributed by atoms with Crippen LogP contribution in [0.2, 0.25) is 0 Å². The Labute approximate surface area is 361 Å². The van der Waals surface area contributed by atoms with Crippen molar-refractivity contribution in [2.45, 2.75) is 154 Å². The number of aliphatic carboxylic acids is 1. The Kier molecular flexibility index (Phi) is 39.2. The van der Waals surface area contributed by atoms with Crippen molar-refractivity contribution in [2.75, 3.05) is 19.8 Å². The Morgan fingerprint density at radius 1 is 0.517 bits per heavy atom. The van der Waals surface area contributed by atoms with Gasteiger partial charge < -0.3 is 25.2 Å². The molecule has 0 amide bonds. The molecule has 0 aromatic heterocycles. The summed E-state index contributed by atoms with van der Waals surface area (Å²) < 4.78 is 32.6. The summed E-state index contributed by atoms with van der Waals surface area (Å²) in [6.45, 7) is 2.57. The van der Waals surface area contributed by atoms with Crippen LogP contribution in [0.4, 0.5) is 0 Å². The number of nitrogens with two attached hydrogens (primary N) is 1. The maximum absolute atomic E-state index is 12.6. The number of carboxylic acids is 1. The van der Waals surface area contributed by atoms with Gasteiger partial charge in [-0.05, 0) is 89.9 Å². The van der Waals surface area contributed by atoms with Crippen LogP contribution in [0.5, 0.6) is 0 Å². The van der Waals surface area contributed by atoms with Gasteiger partial charge in [0, 0.05) is 12.8 Å². The molecule has 0 bridgehead atoms. The molecule has 0 spiro atoms. The number of carbonyl (C=O) groups excluding carboxylic acids is 2. The molecule has 0 aliphatic carbocycles. The average Bonchev–Trinajstić information content (AvgIpc) is 3.22. The number of unbranched alkanes of at least 4 members (excludes halogenated alkanes) is 7. The molecule has 0 aliphatic rings. The van der Waals surface area contributed by atoms with Crippen molar-refractivity contribution in [3.05, 3.63) is 109 Å². The van der Waals surface area contributed by atoms with E-state index in [1.807, 2.05) is 12.2 Å². The van der Waals surface area contributed by atoms with E-state index in [1.165, 1.54) is 25.7 Å². The highest BCUT2D eigenvalue weighted by atomic mass is 31.2. The SMILES string of the molecule is CCC/C=C/C/C=C/C/C=C/C/C=C/CCCCCC(=O)O[C@H](COC(=O)CC/C=C/C/C=C/C/C=C/C/C=C/C/C=C/CCCCC)COP(=O)(O)OC[C@H](N)C(=O)O. The number of allylic oxidation sites excluding steroid dienone is 18. The Morgan fingerprint density at radius 2 is 0.950 bits per heavy atom. The number of carbonyl (C=O) groups is 3. The Balaban J connectivity index is 4.57. The molecule has 0 fully saturated rings. The first-order chi connectivity index (χ1) is 29.1. The lowest BCUT2D eigenvalue weighted by Gasteiger charge is -2.20. The molecule has 338 valence electrons. The molecular weight excluding hydrogens is 781 g/mol. The number of rotatable bonds is 39. The third kappa shape index (κ3) is 40.9. The lowest BCUT2D eigenvalue weighted by molar-refractivity contribution is -0.161. The van der Waals surface area contributed by atoms with E-state index in [-0.39, 0.29) is 12.8 Å². The van der Waals surface area contributed by atoms with Crippen LogP contribution in [-0.2, 0) is 37.5 Å². The normalized spacial score (nSPS) is 14.7. The molecule has 0 aromatic rings. The van der Waals surface area contributed by atoms with Gasteiger partial charge in [0.05, 0.1) is 13.2 Å². The van der Waals surface area contributed by atoms with Crippen LogP contribution in [0.25, 0.3) is 0 Å². The molecule has 0 saturated heterocycles. The van der Waals surface area contributed by atoms with E-state index in [9.17, 15) is 23.8 Å². The lowest BCUT2D eigenvalue weighted by atomic mass is 10.1. The second kappa shape index (κ2) is 41.9. The fraction of sp³-hybridized carbons (Fsp3) is 0.562. The summed E-state index contributed by atoms with van der Waals surface area (Å²) in [5.74, 6) is -2.54. The minimum absolute atomic E-state index is 0.0840. The van der Waals surface area contributed by atoms with Crippen LogP contribution in [0, 0.1) is 0 Å². The molecule has 11 nitrogen and oxygen atoms in total. The van der Waals surface area contributed by atoms with Crippen molar-refractivity contribution in [2.24, 2.45) is 5.73 Å². The van der Waals surface area contributed by atoms with Gasteiger partial charge in [-0.25, -0.2) is 4.57 Å². The third-order valence-corrected chi connectivity index (χ3v) is 9.44. The summed E-state index contributed by atoms with van der Waals surface area (Å²) in [7, 11) is -4.75. The number of phosphoric ester groups is 1. The highest BCUT2D eigenvalue weighted by molar-refractivity contribution is 7.47. The van der Waals surface area contributed by atoms with E-state index in [4.69, 9.17) is 24.8 Å². The van der Waals surface area contributed by atoms with Gasteiger partial charge in [0.1, 0.15) is 12.6 Å². The van der Waals surface area contributed by atoms with Gasteiger partial charge in [-0.1, -0.05) is 149 Å². The first kappa shape index (κ1) is 56.1. The minimum atomic E-state index is -4.75. The van der Waals surface area contributed by atoms with Crippen LogP contribution in [-0.4, -0.2) is 59.9 Å². The fourth-order valence-electron chi connectivity index (χ4n) is 5.04. The number of hydrogen-bond acceptors (Lipinski definition) is 9. The number of phosphoric acid groups is 1. The van der Waals surface area contributed by atoms with Crippen molar-refractivity contribution >= 4 is 25.7 Å². The number of esters is 2. The van der Waals surface area contributed by atoms with Crippen molar-refractivity contribution in [1.82, 2.24) is 0 Å². The van der Waals surface area contributed by atoms with Crippen LogP contribution in [0.15, 0.2) is 109 Å². The third-order valence-electron chi connectivity index (χ3n) is 8.49. The van der Waals surface area contributed by atoms with Gasteiger partial charge >= 0.3 is 25.7 Å². The van der Waals surface area contributed by atoms with Gasteiger partial charge in [0.15, 0.2) is 6.10 Å². The zero-order valence-electron chi connectivity index (χ0n) is 36.5. The molecule has 0 rings (SSSR count). The summed E-state index contributed by atoms with van der Waals surface area (Å²) >= 11 is 0. The Morgan fingerprint density at radius 3 is 1.42 bits per heavy atom. The van der Waals surface area contributed by atoms with Crippen LogP contribution in [0.1, 0.15) is 142 Å². The molecular formula is C48H76NO10P. The van der Waals surface area contributed by atoms with Gasteiger partial charge in [-0.2, -0.15) is 0 Å². The smallest absolute Gasteiger partial charge is 0.472 e. The second-order valence-electron chi connectivity index (χ2n) is 14.1. The molecule has 0 saturated carbocycles. The Hall–Kier alpha value is -3.86. The molecule has 4 N–H and O–H groups in total. The molecule has 12 heteroatoms. The number of carboxylic acid groups (broad SMARTS) is 1. The summed E-state index contributed by atoms with van der Waals surface area (Å²) in [5.41, 5.74) is 5.33. The maximum Gasteiger partial charge on any atom is 0.472 e. The van der Waals surface area contributed by atoms with E-state index in [1.54, 1.807) is 0 Å². The number of hydrogen-bond donors (Lipinski definition) is 3. The first-order valence-corrected chi connectivity index (χ1v) is 23.4. The zero-order valence-corrected chi connectivity index (χ0v) is 37.4. The molecule has 60 heavy (non-hydrogen) atoms. The largest absolute Gasteiger partial charge is 0.480 e. The predicted octanol–water partition coefficient (Wildman–Crippen LogP) is 11.8. The zero-order chi connectivity index (χ0) is 44.2. The van der Waals surface area contributed by atoms with E-state index in [0.29, 0.717) is 12.8 Å². The average molecular weight is 858 g/mol. The van der Waals surface area contributed by atoms with Crippen molar-refractivity contribution in [3.8, 4) is 0 Å². The molecule has 0 aromatic carbocycles. The van der Waals surface area contributed by atoms with Crippen LogP contribution in [0.3, 0.4) is 0 Å². The van der Waals surface area contributed by atoms with E-state index in [2.05, 4.69) is 116 Å². The quantitative estimate of drug-likeness (QED) is 0.0232. The standard InChI is InChI=1S/C48H76NO10P/c1-3-5-7-9-11-13-15-17-19-21-22-24-25-27-29-31-33-35-37-39-46(50)56-41-44(42-57-60(54,55)58-43-45(49)48(52)53)59-47(51)40-38-36-34-32-30-28-26-23-20-18-16-14-12-10-8-6-4-2/h8,10-11,13-14,16-17,19-20,22-24,27-30,33,35,44-45H,3-7,9,12,15,18,21,25-26,31-32,34,36-43,49H2,1-2H3,(H,52,53)(H,54,55)/b10-8+,13-11+,16-14+,19-17+,23-20+,24-22+,29-27+,30-28+,35-33+/t44-,45+/m1/s1. The van der Waals surface area contributed by atoms with E-state index < -0.39 is 57.7 Å². The first-order valence-electron chi connectivity index (χ1n) is 21.9. The maximum atomic E-state index is 12.6. The highest BCUT2D eigenvalue weighted by Crippen LogP contribution is 2.43. The van der Waals surface area contributed by atoms with Crippen LogP contribution >= 0.6 is 7.82 Å². The summed E-state index contributed by atoms with van der Waals surface area (Å²) in [6, 6.07) is -1.54. The predicted molar refractivity (Wildman–Crippen MR) is 244 cm³/mol. The summed E-state index contributed by atoms with van der Waals surface area (Å²) in [6.07, 6.45) is 54.5. The van der Waals surface area contributed by atoms with Gasteiger partial charge in [0.2, 0.25) is 0 Å². The van der Waals surface area contributed by atoms with Gasteiger partial charge in [-0.15, -0.1) is 0 Å². The lowest BCUT2D eigenvalue weighted by Crippen LogP contribution is -2.34. The number of ether oxygens (including phenoxy) is 2. The fourth-order valence-corrected chi connectivity index (χ4v) is 5.81.